The van der Waals surface area contributed by atoms with Crippen LogP contribution in [0, 0.1) is 0 Å². The minimum Gasteiger partial charge on any atom is -0.352 e. The topological polar surface area (TPSA) is 44.4 Å². The molecule has 1 saturated heterocycles. The molecule has 1 atom stereocenters. The van der Waals surface area contributed by atoms with Crippen LogP contribution in [0.1, 0.15) is 6.92 Å². The van der Waals surface area contributed by atoms with Gasteiger partial charge in [-0.1, -0.05) is 6.08 Å². The predicted octanol–water partition coefficient (Wildman–Crippen LogP) is -0.418. The Morgan fingerprint density at radius 3 is 3.21 bits per heavy atom. The highest BCUT2D eigenvalue weighted by Crippen LogP contribution is 2.00. The Bertz CT molecular complexity index is 206. The lowest BCUT2D eigenvalue weighted by Crippen LogP contribution is -2.52. The summed E-state index contributed by atoms with van der Waals surface area (Å²) in [6.07, 6.45) is 1.69. The van der Waals surface area contributed by atoms with Crippen LogP contribution in [0.4, 0.5) is 0 Å². The second-order valence-electron chi connectivity index (χ2n) is 3.62. The first-order valence-electron chi connectivity index (χ1n) is 5.06. The van der Waals surface area contributed by atoms with Crippen LogP contribution in [0.2, 0.25) is 0 Å². The van der Waals surface area contributed by atoms with Crippen molar-refractivity contribution in [3.8, 4) is 0 Å². The predicted molar refractivity (Wildman–Crippen MR) is 57.1 cm³/mol. The van der Waals surface area contributed by atoms with Gasteiger partial charge in [-0.25, -0.2) is 0 Å². The molecule has 1 heterocycles. The van der Waals surface area contributed by atoms with Crippen LogP contribution in [-0.2, 0) is 4.79 Å². The molecule has 0 aromatic heterocycles. The Morgan fingerprint density at radius 1 is 1.79 bits per heavy atom. The monoisotopic (exact) mass is 197 g/mol. The van der Waals surface area contributed by atoms with Gasteiger partial charge < -0.3 is 10.6 Å². The molecule has 0 bridgehead atoms. The fraction of sp³-hybridized carbons (Fsp3) is 0.700. The second kappa shape index (κ2) is 5.78. The van der Waals surface area contributed by atoms with E-state index in [0.29, 0.717) is 19.1 Å². The molecular formula is C10H19N3O. The average molecular weight is 197 g/mol. The second-order valence-corrected chi connectivity index (χ2v) is 3.62. The van der Waals surface area contributed by atoms with Crippen LogP contribution in [0.15, 0.2) is 12.7 Å². The molecular weight excluding hydrogens is 178 g/mol. The van der Waals surface area contributed by atoms with Gasteiger partial charge in [-0.15, -0.1) is 6.58 Å². The number of carbonyl (C=O) groups is 1. The van der Waals surface area contributed by atoms with Gasteiger partial charge in [-0.05, 0) is 6.92 Å². The van der Waals surface area contributed by atoms with Gasteiger partial charge >= 0.3 is 0 Å². The van der Waals surface area contributed by atoms with E-state index in [2.05, 4.69) is 29.0 Å². The first-order valence-corrected chi connectivity index (χ1v) is 5.06. The van der Waals surface area contributed by atoms with Gasteiger partial charge in [0.25, 0.3) is 0 Å². The molecule has 1 amide bonds. The van der Waals surface area contributed by atoms with E-state index in [1.54, 1.807) is 6.08 Å². The van der Waals surface area contributed by atoms with Crippen LogP contribution in [0.25, 0.3) is 0 Å². The number of hydrogen-bond donors (Lipinski definition) is 2. The maximum atomic E-state index is 11.4. The van der Waals surface area contributed by atoms with Gasteiger partial charge in [0.05, 0.1) is 6.54 Å². The van der Waals surface area contributed by atoms with Gasteiger partial charge in [0.2, 0.25) is 5.91 Å². The molecule has 80 valence electrons. The van der Waals surface area contributed by atoms with Crippen LogP contribution in [0.3, 0.4) is 0 Å². The molecule has 1 aliphatic heterocycles. The fourth-order valence-electron chi connectivity index (χ4n) is 1.54. The summed E-state index contributed by atoms with van der Waals surface area (Å²) in [5, 5.41) is 6.07. The first-order chi connectivity index (χ1) is 6.74. The number of nitrogens with one attached hydrogen (secondary N) is 2. The maximum absolute atomic E-state index is 11.4. The number of hydrogen-bond acceptors (Lipinski definition) is 3. The van der Waals surface area contributed by atoms with Crippen LogP contribution < -0.4 is 10.6 Å². The molecule has 2 N–H and O–H groups in total. The van der Waals surface area contributed by atoms with E-state index in [-0.39, 0.29) is 5.91 Å². The highest BCUT2D eigenvalue weighted by Gasteiger charge is 2.19. The van der Waals surface area contributed by atoms with Crippen LogP contribution in [-0.4, -0.2) is 49.6 Å². The summed E-state index contributed by atoms with van der Waals surface area (Å²) in [6.45, 7) is 9.62. The summed E-state index contributed by atoms with van der Waals surface area (Å²) in [5.74, 6) is 0.0821. The zero-order chi connectivity index (χ0) is 10.4. The zero-order valence-corrected chi connectivity index (χ0v) is 8.75. The lowest BCUT2D eigenvalue weighted by Gasteiger charge is -2.33. The summed E-state index contributed by atoms with van der Waals surface area (Å²) < 4.78 is 0. The molecule has 0 radical (unpaired) electrons. The van der Waals surface area contributed by atoms with E-state index in [1.165, 1.54) is 0 Å². The van der Waals surface area contributed by atoms with Crippen molar-refractivity contribution in [2.75, 3.05) is 32.7 Å². The van der Waals surface area contributed by atoms with E-state index in [0.717, 1.165) is 19.6 Å². The summed E-state index contributed by atoms with van der Waals surface area (Å²) >= 11 is 0. The highest BCUT2D eigenvalue weighted by atomic mass is 16.2. The number of nitrogens with zero attached hydrogens (tertiary/aromatic N) is 1. The SMILES string of the molecule is C=CCNC(=O)CN1CCNCC1C. The van der Waals surface area contributed by atoms with Gasteiger partial charge in [0, 0.05) is 32.2 Å². The first kappa shape index (κ1) is 11.2. The largest absolute Gasteiger partial charge is 0.352 e. The Morgan fingerprint density at radius 2 is 2.57 bits per heavy atom. The molecule has 4 heteroatoms. The smallest absolute Gasteiger partial charge is 0.234 e. The van der Waals surface area contributed by atoms with E-state index < -0.39 is 0 Å². The molecule has 0 aromatic carbocycles. The summed E-state index contributed by atoms with van der Waals surface area (Å²) in [6, 6.07) is 0.443. The molecule has 4 nitrogen and oxygen atoms in total. The molecule has 0 spiro atoms. The fourth-order valence-corrected chi connectivity index (χ4v) is 1.54. The third-order valence-corrected chi connectivity index (χ3v) is 2.43. The summed E-state index contributed by atoms with van der Waals surface area (Å²) in [4.78, 5) is 13.6. The minimum absolute atomic E-state index is 0.0821. The molecule has 1 fully saturated rings. The van der Waals surface area contributed by atoms with Crippen molar-refractivity contribution in [2.24, 2.45) is 0 Å². The molecule has 14 heavy (non-hydrogen) atoms. The third-order valence-electron chi connectivity index (χ3n) is 2.43. The van der Waals surface area contributed by atoms with Crippen LogP contribution in [0.5, 0.6) is 0 Å². The van der Waals surface area contributed by atoms with Crippen molar-refractivity contribution in [2.45, 2.75) is 13.0 Å². The van der Waals surface area contributed by atoms with Crippen molar-refractivity contribution in [3.05, 3.63) is 12.7 Å². The number of piperazine rings is 1. The Hall–Kier alpha value is -0.870. The molecule has 1 aliphatic rings. The van der Waals surface area contributed by atoms with Gasteiger partial charge in [-0.2, -0.15) is 0 Å². The Balaban J connectivity index is 2.27. The standard InChI is InChI=1S/C10H19N3O/c1-3-4-12-10(14)8-13-6-5-11-7-9(13)2/h3,9,11H,1,4-8H2,2H3,(H,12,14). The molecule has 1 unspecified atom stereocenters. The lowest BCUT2D eigenvalue weighted by molar-refractivity contribution is -0.122. The number of rotatable bonds is 4. The summed E-state index contributed by atoms with van der Waals surface area (Å²) in [5.41, 5.74) is 0. The third kappa shape index (κ3) is 3.47. The Kier molecular flexibility index (Phi) is 4.62. The lowest BCUT2D eigenvalue weighted by atomic mass is 10.2. The normalized spacial score (nSPS) is 23.1. The van der Waals surface area contributed by atoms with Gasteiger partial charge in [0.15, 0.2) is 0 Å². The van der Waals surface area contributed by atoms with E-state index in [1.807, 2.05) is 0 Å². The number of amides is 1. The van der Waals surface area contributed by atoms with Gasteiger partial charge in [-0.3, -0.25) is 9.69 Å². The van der Waals surface area contributed by atoms with Crippen molar-refractivity contribution < 1.29 is 4.79 Å². The van der Waals surface area contributed by atoms with E-state index in [9.17, 15) is 4.79 Å². The minimum atomic E-state index is 0.0821. The maximum Gasteiger partial charge on any atom is 0.234 e. The molecule has 1 rings (SSSR count). The summed E-state index contributed by atoms with van der Waals surface area (Å²) in [7, 11) is 0. The average Bonchev–Trinajstić information content (AvgIpc) is 2.18. The molecule has 0 aliphatic carbocycles. The van der Waals surface area contributed by atoms with Crippen molar-refractivity contribution >= 4 is 5.91 Å². The quantitative estimate of drug-likeness (QED) is 0.602. The van der Waals surface area contributed by atoms with Crippen molar-refractivity contribution in [1.82, 2.24) is 15.5 Å². The van der Waals surface area contributed by atoms with E-state index >= 15 is 0 Å². The number of carbonyl (C=O) groups excluding carboxylic acids is 1. The Labute approximate surface area is 85.3 Å². The zero-order valence-electron chi connectivity index (χ0n) is 8.75. The van der Waals surface area contributed by atoms with Crippen molar-refractivity contribution in [1.29, 1.82) is 0 Å². The van der Waals surface area contributed by atoms with Crippen LogP contribution >= 0.6 is 0 Å². The highest BCUT2D eigenvalue weighted by molar-refractivity contribution is 5.78. The molecule has 0 saturated carbocycles. The molecule has 0 aromatic rings. The van der Waals surface area contributed by atoms with E-state index in [4.69, 9.17) is 0 Å². The van der Waals surface area contributed by atoms with Crippen molar-refractivity contribution in [3.63, 3.8) is 0 Å². The van der Waals surface area contributed by atoms with Gasteiger partial charge in [0.1, 0.15) is 0 Å².